The largest absolute Gasteiger partial charge is 0.508 e. The molecule has 0 atom stereocenters. The fourth-order valence-electron chi connectivity index (χ4n) is 3.03. The molecule has 1 aromatic heterocycles. The van der Waals surface area contributed by atoms with Crippen molar-refractivity contribution in [1.82, 2.24) is 20.2 Å². The maximum atomic E-state index is 12.1. The van der Waals surface area contributed by atoms with Gasteiger partial charge < -0.3 is 15.7 Å². The summed E-state index contributed by atoms with van der Waals surface area (Å²) in [4.78, 5) is 50.2. The molecule has 0 aliphatic rings. The number of nitrogens with zero attached hydrogens (tertiary/aromatic N) is 1. The van der Waals surface area contributed by atoms with E-state index in [1.54, 1.807) is 36.4 Å². The van der Waals surface area contributed by atoms with Crippen molar-refractivity contribution in [3.8, 4) is 5.75 Å². The van der Waals surface area contributed by atoms with Gasteiger partial charge in [-0.05, 0) is 36.8 Å². The highest BCUT2D eigenvalue weighted by Gasteiger charge is 2.09. The summed E-state index contributed by atoms with van der Waals surface area (Å²) in [6, 6.07) is 12.8. The lowest BCUT2D eigenvalue weighted by atomic mass is 10.2. The molecule has 0 spiro atoms. The smallest absolute Gasteiger partial charge is 0.328 e. The summed E-state index contributed by atoms with van der Waals surface area (Å²) in [5.41, 5.74) is -0.170. The summed E-state index contributed by atoms with van der Waals surface area (Å²) in [6.45, 7) is 0.857. The van der Waals surface area contributed by atoms with Crippen molar-refractivity contribution in [3.05, 3.63) is 74.9 Å². The lowest BCUT2D eigenvalue weighted by Crippen LogP contribution is -2.33. The normalized spacial score (nSPS) is 10.7. The van der Waals surface area contributed by atoms with Gasteiger partial charge in [0.15, 0.2) is 0 Å². The van der Waals surface area contributed by atoms with Crippen molar-refractivity contribution >= 4 is 22.7 Å². The molecule has 0 saturated carbocycles. The monoisotopic (exact) mass is 410 g/mol. The van der Waals surface area contributed by atoms with E-state index < -0.39 is 11.2 Å². The van der Waals surface area contributed by atoms with Crippen LogP contribution in [0.3, 0.4) is 0 Å². The van der Waals surface area contributed by atoms with Gasteiger partial charge in [-0.25, -0.2) is 4.79 Å². The minimum Gasteiger partial charge on any atom is -0.508 e. The number of H-pyrrole nitrogens is 1. The van der Waals surface area contributed by atoms with E-state index in [0.717, 1.165) is 0 Å². The second kappa shape index (κ2) is 9.55. The zero-order valence-electron chi connectivity index (χ0n) is 16.2. The van der Waals surface area contributed by atoms with E-state index in [1.165, 1.54) is 16.7 Å². The van der Waals surface area contributed by atoms with Gasteiger partial charge in [0.2, 0.25) is 5.91 Å². The fourth-order valence-corrected chi connectivity index (χ4v) is 3.03. The average Bonchev–Trinajstić information content (AvgIpc) is 2.73. The molecule has 3 rings (SSSR count). The number of hydrogen-bond donors (Lipinski definition) is 4. The van der Waals surface area contributed by atoms with Crippen molar-refractivity contribution in [2.75, 3.05) is 13.1 Å². The molecular formula is C21H22N4O5. The summed E-state index contributed by atoms with van der Waals surface area (Å²) >= 11 is 0. The summed E-state index contributed by atoms with van der Waals surface area (Å²) in [5.74, 6) is -0.526. The van der Waals surface area contributed by atoms with Gasteiger partial charge in [-0.2, -0.15) is 0 Å². The Balaban J connectivity index is 1.44. The predicted octanol–water partition coefficient (Wildman–Crippen LogP) is 0.722. The number of carbonyl (C=O) groups excluding carboxylic acids is 2. The highest BCUT2D eigenvalue weighted by Crippen LogP contribution is 2.10. The Kier molecular flexibility index (Phi) is 6.63. The number of benzene rings is 2. The first-order valence-electron chi connectivity index (χ1n) is 9.51. The highest BCUT2D eigenvalue weighted by molar-refractivity contribution is 5.94. The topological polar surface area (TPSA) is 133 Å². The van der Waals surface area contributed by atoms with E-state index in [4.69, 9.17) is 0 Å². The summed E-state index contributed by atoms with van der Waals surface area (Å²) in [7, 11) is 0. The highest BCUT2D eigenvalue weighted by atomic mass is 16.3. The van der Waals surface area contributed by atoms with Crippen LogP contribution < -0.4 is 21.9 Å². The molecule has 9 heteroatoms. The second-order valence-electron chi connectivity index (χ2n) is 6.69. The number of aromatic amines is 1. The molecule has 2 aromatic carbocycles. The minimum atomic E-state index is -0.554. The molecule has 156 valence electrons. The van der Waals surface area contributed by atoms with E-state index in [-0.39, 0.29) is 30.5 Å². The molecule has 1 heterocycles. The fraction of sp³-hybridized carbons (Fsp3) is 0.238. The van der Waals surface area contributed by atoms with Crippen LogP contribution in [0, 0.1) is 0 Å². The number of aromatic hydroxyl groups is 1. The Hall–Kier alpha value is -3.88. The van der Waals surface area contributed by atoms with Gasteiger partial charge in [-0.15, -0.1) is 0 Å². The van der Waals surface area contributed by atoms with Gasteiger partial charge >= 0.3 is 5.69 Å². The van der Waals surface area contributed by atoms with Crippen LogP contribution in [-0.2, 0) is 11.3 Å². The summed E-state index contributed by atoms with van der Waals surface area (Å²) < 4.78 is 1.37. The molecule has 3 aromatic rings. The molecule has 30 heavy (non-hydrogen) atoms. The van der Waals surface area contributed by atoms with E-state index in [1.807, 2.05) is 0 Å². The SMILES string of the molecule is O=C(CCn1c(=O)[nH]c(=O)c2ccccc21)NCCCNC(=O)c1cccc(O)c1. The number of para-hydroxylation sites is 1. The number of phenolic OH excluding ortho intramolecular Hbond substituents is 1. The number of carbonyl (C=O) groups is 2. The van der Waals surface area contributed by atoms with Crippen LogP contribution in [0.15, 0.2) is 58.1 Å². The third kappa shape index (κ3) is 5.13. The molecular weight excluding hydrogens is 388 g/mol. The van der Waals surface area contributed by atoms with Crippen LogP contribution in [0.1, 0.15) is 23.2 Å². The first-order valence-corrected chi connectivity index (χ1v) is 9.51. The number of rotatable bonds is 8. The number of amides is 2. The van der Waals surface area contributed by atoms with Crippen molar-refractivity contribution in [3.63, 3.8) is 0 Å². The molecule has 0 saturated heterocycles. The van der Waals surface area contributed by atoms with Crippen LogP contribution >= 0.6 is 0 Å². The molecule has 0 fully saturated rings. The van der Waals surface area contributed by atoms with Crippen molar-refractivity contribution in [1.29, 1.82) is 0 Å². The van der Waals surface area contributed by atoms with Crippen molar-refractivity contribution in [2.24, 2.45) is 0 Å². The summed E-state index contributed by atoms with van der Waals surface area (Å²) in [5, 5.41) is 15.2. The molecule has 4 N–H and O–H groups in total. The molecule has 0 bridgehead atoms. The maximum absolute atomic E-state index is 12.1. The number of phenols is 1. The molecule has 0 aliphatic heterocycles. The van der Waals surface area contributed by atoms with Gasteiger partial charge in [-0.3, -0.25) is 23.9 Å². The van der Waals surface area contributed by atoms with Gasteiger partial charge in [0.1, 0.15) is 5.75 Å². The lowest BCUT2D eigenvalue weighted by molar-refractivity contribution is -0.121. The Morgan fingerprint density at radius 2 is 1.77 bits per heavy atom. The number of aromatic nitrogens is 2. The Labute approximate surface area is 171 Å². The summed E-state index contributed by atoms with van der Waals surface area (Å²) in [6.07, 6.45) is 0.601. The number of aryl methyl sites for hydroxylation is 1. The first kappa shape index (κ1) is 20.8. The standard InChI is InChI=1S/C21H22N4O5/c26-15-6-3-5-14(13-15)19(28)23-11-4-10-22-18(27)9-12-25-17-8-2-1-7-16(17)20(29)24-21(25)30/h1-3,5-8,13,26H,4,9-12H2,(H,22,27)(H,23,28)(H,24,29,30). The van der Waals surface area contributed by atoms with Crippen LogP contribution in [0.5, 0.6) is 5.75 Å². The van der Waals surface area contributed by atoms with Gasteiger partial charge in [0.25, 0.3) is 11.5 Å². The van der Waals surface area contributed by atoms with E-state index in [2.05, 4.69) is 15.6 Å². The van der Waals surface area contributed by atoms with Crippen LogP contribution in [-0.4, -0.2) is 39.6 Å². The van der Waals surface area contributed by atoms with Gasteiger partial charge in [-0.1, -0.05) is 18.2 Å². The van der Waals surface area contributed by atoms with Crippen molar-refractivity contribution in [2.45, 2.75) is 19.4 Å². The molecule has 0 radical (unpaired) electrons. The van der Waals surface area contributed by atoms with E-state index in [9.17, 15) is 24.3 Å². The maximum Gasteiger partial charge on any atom is 0.328 e. The Morgan fingerprint density at radius 1 is 1.00 bits per heavy atom. The first-order chi connectivity index (χ1) is 14.5. The Bertz CT molecular complexity index is 1180. The van der Waals surface area contributed by atoms with Crippen LogP contribution in [0.2, 0.25) is 0 Å². The number of nitrogens with one attached hydrogen (secondary N) is 3. The third-order valence-corrected chi connectivity index (χ3v) is 4.54. The third-order valence-electron chi connectivity index (χ3n) is 4.54. The van der Waals surface area contributed by atoms with Crippen molar-refractivity contribution < 1.29 is 14.7 Å². The average molecular weight is 410 g/mol. The molecule has 9 nitrogen and oxygen atoms in total. The quantitative estimate of drug-likeness (QED) is 0.406. The van der Waals surface area contributed by atoms with Gasteiger partial charge in [0.05, 0.1) is 10.9 Å². The van der Waals surface area contributed by atoms with Crippen LogP contribution in [0.4, 0.5) is 0 Å². The lowest BCUT2D eigenvalue weighted by Gasteiger charge is -2.10. The van der Waals surface area contributed by atoms with Crippen LogP contribution in [0.25, 0.3) is 10.9 Å². The van der Waals surface area contributed by atoms with Gasteiger partial charge in [0, 0.05) is 31.6 Å². The molecule has 2 amide bonds. The molecule has 0 aliphatic carbocycles. The minimum absolute atomic E-state index is 0.0179. The number of hydrogen-bond acceptors (Lipinski definition) is 5. The zero-order chi connectivity index (χ0) is 21.5. The second-order valence-corrected chi connectivity index (χ2v) is 6.69. The Morgan fingerprint density at radius 3 is 2.57 bits per heavy atom. The zero-order valence-corrected chi connectivity index (χ0v) is 16.2. The van der Waals surface area contributed by atoms with E-state index >= 15 is 0 Å². The predicted molar refractivity (Wildman–Crippen MR) is 112 cm³/mol. The van der Waals surface area contributed by atoms with E-state index in [0.29, 0.717) is 36.0 Å². The number of fused-ring (bicyclic) bond motifs is 1. The molecule has 0 unspecified atom stereocenters.